The third-order valence-electron chi connectivity index (χ3n) is 3.02. The first-order valence-electron chi connectivity index (χ1n) is 7.30. The average Bonchev–Trinajstić information content (AvgIpc) is 2.85. The fourth-order valence-corrected chi connectivity index (χ4v) is 2.12. The molecular weight excluding hydrogens is 286 g/mol. The maximum atomic E-state index is 6.08. The van der Waals surface area contributed by atoms with Crippen molar-refractivity contribution in [2.75, 3.05) is 0 Å². The van der Waals surface area contributed by atoms with Crippen molar-refractivity contribution >= 4 is 11.6 Å². The highest BCUT2D eigenvalue weighted by Gasteiger charge is 2.08. The molecule has 1 heterocycles. The van der Waals surface area contributed by atoms with Gasteiger partial charge < -0.3 is 10.1 Å². The molecule has 0 aliphatic rings. The van der Waals surface area contributed by atoms with Gasteiger partial charge in [-0.3, -0.25) is 4.68 Å². The van der Waals surface area contributed by atoms with Gasteiger partial charge >= 0.3 is 0 Å². The van der Waals surface area contributed by atoms with Gasteiger partial charge in [0.15, 0.2) is 5.75 Å². The second-order valence-corrected chi connectivity index (χ2v) is 5.77. The quantitative estimate of drug-likeness (QED) is 0.831. The molecule has 1 N–H and O–H groups in total. The first kappa shape index (κ1) is 15.9. The number of halogens is 1. The summed E-state index contributed by atoms with van der Waals surface area (Å²) in [6.45, 7) is 7.99. The predicted octanol–water partition coefficient (Wildman–Crippen LogP) is 4.24. The minimum atomic E-state index is 0.417. The minimum absolute atomic E-state index is 0.417. The first-order chi connectivity index (χ1) is 10.1. The number of hydrogen-bond acceptors (Lipinski definition) is 3. The van der Waals surface area contributed by atoms with Crippen LogP contribution in [0.3, 0.4) is 0 Å². The molecule has 0 unspecified atom stereocenters. The van der Waals surface area contributed by atoms with Crippen LogP contribution in [0.25, 0.3) is 0 Å². The summed E-state index contributed by atoms with van der Waals surface area (Å²) >= 11 is 6.08. The lowest BCUT2D eigenvalue weighted by Gasteiger charge is -2.13. The molecule has 0 radical (unpaired) electrons. The Balaban J connectivity index is 2.14. The molecule has 1 aromatic heterocycles. The van der Waals surface area contributed by atoms with E-state index in [-0.39, 0.29) is 0 Å². The molecule has 0 bridgehead atoms. The van der Waals surface area contributed by atoms with Crippen LogP contribution < -0.4 is 10.1 Å². The molecule has 0 saturated heterocycles. The zero-order valence-electron chi connectivity index (χ0n) is 12.8. The summed E-state index contributed by atoms with van der Waals surface area (Å²) in [5.74, 6) is 1.50. The number of nitrogens with one attached hydrogen (secondary N) is 1. The van der Waals surface area contributed by atoms with Crippen molar-refractivity contribution in [1.29, 1.82) is 0 Å². The maximum absolute atomic E-state index is 6.08. The summed E-state index contributed by atoms with van der Waals surface area (Å²) < 4.78 is 7.82. The highest BCUT2D eigenvalue weighted by Crippen LogP contribution is 2.28. The Bertz CT molecular complexity index is 581. The van der Waals surface area contributed by atoms with Crippen LogP contribution in [0.5, 0.6) is 11.5 Å². The zero-order valence-corrected chi connectivity index (χ0v) is 13.5. The van der Waals surface area contributed by atoms with E-state index in [1.54, 1.807) is 6.20 Å². The number of rotatable bonds is 7. The van der Waals surface area contributed by atoms with E-state index in [4.69, 9.17) is 16.3 Å². The van der Waals surface area contributed by atoms with Gasteiger partial charge in [-0.2, -0.15) is 5.10 Å². The van der Waals surface area contributed by atoms with Crippen molar-refractivity contribution < 1.29 is 4.74 Å². The van der Waals surface area contributed by atoms with Crippen molar-refractivity contribution in [2.45, 2.75) is 46.3 Å². The van der Waals surface area contributed by atoms with Crippen LogP contribution in [-0.2, 0) is 13.1 Å². The number of hydrogen-bond donors (Lipinski definition) is 1. The average molecular weight is 308 g/mol. The van der Waals surface area contributed by atoms with Crippen molar-refractivity contribution in [3.63, 3.8) is 0 Å². The van der Waals surface area contributed by atoms with Gasteiger partial charge in [0.1, 0.15) is 5.75 Å². The van der Waals surface area contributed by atoms with E-state index >= 15 is 0 Å². The maximum Gasteiger partial charge on any atom is 0.165 e. The molecule has 0 spiro atoms. The summed E-state index contributed by atoms with van der Waals surface area (Å²) in [4.78, 5) is 0. The molecule has 0 aliphatic carbocycles. The van der Waals surface area contributed by atoms with Crippen LogP contribution in [0.15, 0.2) is 30.6 Å². The molecule has 0 saturated carbocycles. The molecule has 114 valence electrons. The Morgan fingerprint density at radius 1 is 1.38 bits per heavy atom. The Morgan fingerprint density at radius 2 is 2.19 bits per heavy atom. The molecule has 0 amide bonds. The van der Waals surface area contributed by atoms with E-state index in [1.165, 1.54) is 0 Å². The van der Waals surface area contributed by atoms with E-state index in [1.807, 2.05) is 29.1 Å². The van der Waals surface area contributed by atoms with Crippen molar-refractivity contribution in [3.05, 3.63) is 41.2 Å². The second-order valence-electron chi connectivity index (χ2n) is 5.33. The van der Waals surface area contributed by atoms with Gasteiger partial charge in [0.05, 0.1) is 12.4 Å². The van der Waals surface area contributed by atoms with E-state index in [0.717, 1.165) is 36.6 Å². The lowest BCUT2D eigenvalue weighted by molar-refractivity contribution is 0.468. The molecule has 5 heteroatoms. The van der Waals surface area contributed by atoms with E-state index in [9.17, 15) is 0 Å². The highest BCUT2D eigenvalue weighted by atomic mass is 35.5. The first-order valence-corrected chi connectivity index (χ1v) is 7.68. The topological polar surface area (TPSA) is 39.1 Å². The minimum Gasteiger partial charge on any atom is -0.454 e. The van der Waals surface area contributed by atoms with Crippen LogP contribution in [0, 0.1) is 0 Å². The normalized spacial score (nSPS) is 11.1. The van der Waals surface area contributed by atoms with Gasteiger partial charge in [-0.15, -0.1) is 0 Å². The van der Waals surface area contributed by atoms with Gasteiger partial charge in [-0.25, -0.2) is 0 Å². The van der Waals surface area contributed by atoms with Crippen LogP contribution in [0.1, 0.15) is 32.8 Å². The number of aromatic nitrogens is 2. The number of ether oxygens (including phenoxy) is 1. The third-order valence-corrected chi connectivity index (χ3v) is 3.26. The Hall–Kier alpha value is -1.52. The monoisotopic (exact) mass is 307 g/mol. The molecule has 0 fully saturated rings. The summed E-state index contributed by atoms with van der Waals surface area (Å²) in [6, 6.07) is 6.13. The van der Waals surface area contributed by atoms with Gasteiger partial charge in [0.2, 0.25) is 0 Å². The van der Waals surface area contributed by atoms with Gasteiger partial charge in [-0.1, -0.05) is 38.4 Å². The second kappa shape index (κ2) is 7.48. The van der Waals surface area contributed by atoms with Crippen molar-refractivity contribution in [3.8, 4) is 11.5 Å². The Labute approximate surface area is 131 Å². The molecule has 4 nitrogen and oxygen atoms in total. The predicted molar refractivity (Wildman–Crippen MR) is 86.0 cm³/mol. The van der Waals surface area contributed by atoms with E-state index < -0.39 is 0 Å². The van der Waals surface area contributed by atoms with Crippen molar-refractivity contribution in [2.24, 2.45) is 0 Å². The van der Waals surface area contributed by atoms with Crippen LogP contribution in [0.2, 0.25) is 5.02 Å². The summed E-state index contributed by atoms with van der Waals surface area (Å²) in [5.41, 5.74) is 1.08. The van der Waals surface area contributed by atoms with Crippen LogP contribution in [-0.4, -0.2) is 15.8 Å². The van der Waals surface area contributed by atoms with E-state index in [2.05, 4.69) is 31.2 Å². The molecule has 2 rings (SSSR count). The SMILES string of the molecule is CCCn1cc(Oc2cc(Cl)ccc2CNC(C)C)cn1. The van der Waals surface area contributed by atoms with Crippen LogP contribution >= 0.6 is 11.6 Å². The van der Waals surface area contributed by atoms with Gasteiger partial charge in [0, 0.05) is 29.7 Å². The number of benzene rings is 1. The standard InChI is InChI=1S/C16H22ClN3O/c1-4-7-20-11-15(10-19-20)21-16-8-14(17)6-5-13(16)9-18-12(2)3/h5-6,8,10-12,18H,4,7,9H2,1-3H3. The number of aryl methyl sites for hydroxylation is 1. The van der Waals surface area contributed by atoms with Gasteiger partial charge in [0.25, 0.3) is 0 Å². The summed E-state index contributed by atoms with van der Waals surface area (Å²) in [5, 5.41) is 8.33. The molecule has 0 aliphatic heterocycles. The molecule has 0 atom stereocenters. The lowest BCUT2D eigenvalue weighted by Crippen LogP contribution is -2.22. The Morgan fingerprint density at radius 3 is 2.90 bits per heavy atom. The fraction of sp³-hybridized carbons (Fsp3) is 0.438. The molecule has 1 aromatic carbocycles. The van der Waals surface area contributed by atoms with Crippen molar-refractivity contribution in [1.82, 2.24) is 15.1 Å². The molecular formula is C16H22ClN3O. The van der Waals surface area contributed by atoms with Gasteiger partial charge in [-0.05, 0) is 18.6 Å². The lowest BCUT2D eigenvalue weighted by atomic mass is 10.2. The third kappa shape index (κ3) is 4.76. The fourth-order valence-electron chi connectivity index (χ4n) is 1.96. The highest BCUT2D eigenvalue weighted by molar-refractivity contribution is 6.30. The largest absolute Gasteiger partial charge is 0.454 e. The number of nitrogens with zero attached hydrogens (tertiary/aromatic N) is 2. The molecule has 2 aromatic rings. The smallest absolute Gasteiger partial charge is 0.165 e. The van der Waals surface area contributed by atoms with E-state index in [0.29, 0.717) is 11.1 Å². The molecule has 21 heavy (non-hydrogen) atoms. The summed E-state index contributed by atoms with van der Waals surface area (Å²) in [6.07, 6.45) is 4.68. The summed E-state index contributed by atoms with van der Waals surface area (Å²) in [7, 11) is 0. The Kier molecular flexibility index (Phi) is 5.65. The van der Waals surface area contributed by atoms with Crippen LogP contribution in [0.4, 0.5) is 0 Å². The zero-order chi connectivity index (χ0) is 15.2.